The largest absolute Gasteiger partial charge is 0.367 e. The van der Waals surface area contributed by atoms with Gasteiger partial charge in [0.05, 0.1) is 18.2 Å². The summed E-state index contributed by atoms with van der Waals surface area (Å²) in [4.78, 5) is 11.2. The topological polar surface area (TPSA) is 49.8 Å². The molecule has 0 aliphatic carbocycles. The Balaban J connectivity index is 0.00000272. The van der Waals surface area contributed by atoms with Gasteiger partial charge in [-0.05, 0) is 42.7 Å². The van der Waals surface area contributed by atoms with E-state index in [4.69, 9.17) is 4.74 Å². The molecule has 1 aliphatic heterocycles. The first-order valence-electron chi connectivity index (χ1n) is 10.3. The number of benzene rings is 2. The molecule has 0 amide bonds. The quantitative estimate of drug-likeness (QED) is 0.303. The molecule has 2 atom stereocenters. The van der Waals surface area contributed by atoms with Gasteiger partial charge in [-0.15, -0.1) is 24.0 Å². The Bertz CT molecular complexity index is 1020. The Labute approximate surface area is 199 Å². The predicted octanol–water partition coefficient (Wildman–Crippen LogP) is 4.57. The highest BCUT2D eigenvalue weighted by Crippen LogP contribution is 2.25. The van der Waals surface area contributed by atoms with Crippen LogP contribution in [-0.4, -0.2) is 48.6 Å². The number of nitrogens with zero attached hydrogens (tertiary/aromatic N) is 3. The van der Waals surface area contributed by atoms with Crippen LogP contribution in [0.15, 0.2) is 65.8 Å². The molecule has 1 aliphatic rings. The van der Waals surface area contributed by atoms with Crippen molar-refractivity contribution in [2.75, 3.05) is 26.7 Å². The van der Waals surface area contributed by atoms with E-state index in [1.807, 2.05) is 12.3 Å². The van der Waals surface area contributed by atoms with Crippen molar-refractivity contribution >= 4 is 40.8 Å². The van der Waals surface area contributed by atoms with Crippen molar-refractivity contribution in [3.8, 4) is 0 Å². The van der Waals surface area contributed by atoms with Crippen molar-refractivity contribution < 1.29 is 9.13 Å². The summed E-state index contributed by atoms with van der Waals surface area (Å²) in [6.07, 6.45) is 2.63. The number of para-hydroxylation sites is 1. The van der Waals surface area contributed by atoms with Gasteiger partial charge < -0.3 is 15.0 Å². The summed E-state index contributed by atoms with van der Waals surface area (Å²) in [7, 11) is 1.80. The Morgan fingerprint density at radius 3 is 2.71 bits per heavy atom. The maximum absolute atomic E-state index is 13.3. The summed E-state index contributed by atoms with van der Waals surface area (Å²) in [5.74, 6) is 0.616. The van der Waals surface area contributed by atoms with Crippen LogP contribution in [0.5, 0.6) is 0 Å². The SMILES string of the molecule is CN=C(NCCc1cccc2cccnc12)N1CC(C)OC(c2ccc(F)cc2)C1.I. The van der Waals surface area contributed by atoms with E-state index in [0.717, 1.165) is 41.9 Å². The van der Waals surface area contributed by atoms with Crippen molar-refractivity contribution in [2.24, 2.45) is 4.99 Å². The lowest BCUT2D eigenvalue weighted by Crippen LogP contribution is -2.51. The predicted molar refractivity (Wildman–Crippen MR) is 133 cm³/mol. The Hall–Kier alpha value is -2.26. The average Bonchev–Trinajstić information content (AvgIpc) is 2.77. The third kappa shape index (κ3) is 5.71. The van der Waals surface area contributed by atoms with E-state index in [1.165, 1.54) is 17.7 Å². The van der Waals surface area contributed by atoms with Gasteiger partial charge in [0.25, 0.3) is 0 Å². The van der Waals surface area contributed by atoms with Crippen LogP contribution in [-0.2, 0) is 11.2 Å². The van der Waals surface area contributed by atoms with Gasteiger partial charge in [0.2, 0.25) is 0 Å². The van der Waals surface area contributed by atoms with Crippen molar-refractivity contribution in [1.82, 2.24) is 15.2 Å². The first-order chi connectivity index (χ1) is 14.6. The second kappa shape index (κ2) is 10.9. The Morgan fingerprint density at radius 1 is 1.16 bits per heavy atom. The van der Waals surface area contributed by atoms with Crippen LogP contribution in [0.3, 0.4) is 0 Å². The molecule has 2 aromatic carbocycles. The first-order valence-corrected chi connectivity index (χ1v) is 10.3. The van der Waals surface area contributed by atoms with Gasteiger partial charge in [0, 0.05) is 31.7 Å². The normalized spacial score (nSPS) is 19.2. The Kier molecular flexibility index (Phi) is 8.20. The highest BCUT2D eigenvalue weighted by Gasteiger charge is 2.28. The standard InChI is InChI=1S/C24H27FN4O.HI/c1-17-15-29(16-22(30-17)18-8-10-21(25)11-9-18)24(26-2)28-14-12-20-6-3-5-19-7-4-13-27-23(19)20;/h3-11,13,17,22H,12,14-16H2,1-2H3,(H,26,28);1H. The van der Waals surface area contributed by atoms with Crippen molar-refractivity contribution in [2.45, 2.75) is 25.6 Å². The fourth-order valence-electron chi connectivity index (χ4n) is 4.00. The third-order valence-corrected chi connectivity index (χ3v) is 5.41. The van der Waals surface area contributed by atoms with Crippen LogP contribution in [0.4, 0.5) is 4.39 Å². The van der Waals surface area contributed by atoms with Crippen LogP contribution in [0.2, 0.25) is 0 Å². The maximum atomic E-state index is 13.3. The number of halogens is 2. The molecule has 7 heteroatoms. The van der Waals surface area contributed by atoms with Crippen molar-refractivity contribution in [3.05, 3.63) is 77.7 Å². The van der Waals surface area contributed by atoms with E-state index in [1.54, 1.807) is 19.2 Å². The van der Waals surface area contributed by atoms with Gasteiger partial charge in [-0.1, -0.05) is 36.4 Å². The number of guanidine groups is 1. The molecule has 2 unspecified atom stereocenters. The third-order valence-electron chi connectivity index (χ3n) is 5.41. The molecule has 31 heavy (non-hydrogen) atoms. The molecule has 1 N–H and O–H groups in total. The second-order valence-corrected chi connectivity index (χ2v) is 7.61. The van der Waals surface area contributed by atoms with Gasteiger partial charge in [0.1, 0.15) is 11.9 Å². The fraction of sp³-hybridized carbons (Fsp3) is 0.333. The number of fused-ring (bicyclic) bond motifs is 1. The zero-order chi connectivity index (χ0) is 20.9. The van der Waals surface area contributed by atoms with Gasteiger partial charge in [-0.25, -0.2) is 4.39 Å². The molecule has 2 heterocycles. The molecular formula is C24H28FIN4O. The first kappa shape index (κ1) is 23.4. The molecule has 4 rings (SSSR count). The fourth-order valence-corrected chi connectivity index (χ4v) is 4.00. The molecule has 0 saturated carbocycles. The summed E-state index contributed by atoms with van der Waals surface area (Å²) in [6.45, 7) is 4.24. The van der Waals surface area contributed by atoms with Crippen LogP contribution >= 0.6 is 24.0 Å². The van der Waals surface area contributed by atoms with Gasteiger partial charge in [-0.2, -0.15) is 0 Å². The van der Waals surface area contributed by atoms with E-state index in [-0.39, 0.29) is 42.0 Å². The molecule has 1 saturated heterocycles. The maximum Gasteiger partial charge on any atom is 0.193 e. The number of hydrogen-bond acceptors (Lipinski definition) is 3. The van der Waals surface area contributed by atoms with E-state index in [2.05, 4.69) is 51.4 Å². The van der Waals surface area contributed by atoms with E-state index in [0.29, 0.717) is 6.54 Å². The number of aromatic nitrogens is 1. The lowest BCUT2D eigenvalue weighted by molar-refractivity contribution is -0.0604. The number of morpholine rings is 1. The van der Waals surface area contributed by atoms with E-state index in [9.17, 15) is 4.39 Å². The summed E-state index contributed by atoms with van der Waals surface area (Å²) in [6, 6.07) is 16.9. The Morgan fingerprint density at radius 2 is 1.94 bits per heavy atom. The number of ether oxygens (including phenoxy) is 1. The minimum absolute atomic E-state index is 0. The molecular weight excluding hydrogens is 506 g/mol. The van der Waals surface area contributed by atoms with E-state index >= 15 is 0 Å². The minimum atomic E-state index is -0.236. The zero-order valence-corrected chi connectivity index (χ0v) is 20.1. The van der Waals surface area contributed by atoms with Crippen LogP contribution in [0.1, 0.15) is 24.2 Å². The number of pyridine rings is 1. The van der Waals surface area contributed by atoms with Gasteiger partial charge in [-0.3, -0.25) is 9.98 Å². The molecule has 1 fully saturated rings. The molecule has 3 aromatic rings. The zero-order valence-electron chi connectivity index (χ0n) is 17.8. The number of aliphatic imine (C=N–C) groups is 1. The highest BCUT2D eigenvalue weighted by molar-refractivity contribution is 14.0. The highest BCUT2D eigenvalue weighted by atomic mass is 127. The van der Waals surface area contributed by atoms with Gasteiger partial charge in [0.15, 0.2) is 5.96 Å². The number of nitrogens with one attached hydrogen (secondary N) is 1. The van der Waals surface area contributed by atoms with Crippen molar-refractivity contribution in [1.29, 1.82) is 0 Å². The molecule has 0 spiro atoms. The number of hydrogen-bond donors (Lipinski definition) is 1. The average molecular weight is 534 g/mol. The summed E-state index contributed by atoms with van der Waals surface area (Å²) >= 11 is 0. The molecule has 5 nitrogen and oxygen atoms in total. The van der Waals surface area contributed by atoms with Crippen LogP contribution < -0.4 is 5.32 Å². The monoisotopic (exact) mass is 534 g/mol. The molecule has 1 aromatic heterocycles. The van der Waals surface area contributed by atoms with Crippen LogP contribution in [0, 0.1) is 5.82 Å². The summed E-state index contributed by atoms with van der Waals surface area (Å²) in [5, 5.41) is 4.64. The molecule has 0 radical (unpaired) electrons. The summed E-state index contributed by atoms with van der Waals surface area (Å²) < 4.78 is 19.4. The van der Waals surface area contributed by atoms with Crippen molar-refractivity contribution in [3.63, 3.8) is 0 Å². The molecule has 0 bridgehead atoms. The number of rotatable bonds is 4. The van der Waals surface area contributed by atoms with Crippen LogP contribution in [0.25, 0.3) is 10.9 Å². The second-order valence-electron chi connectivity index (χ2n) is 7.61. The lowest BCUT2D eigenvalue weighted by Gasteiger charge is -2.38. The van der Waals surface area contributed by atoms with Gasteiger partial charge >= 0.3 is 0 Å². The van der Waals surface area contributed by atoms with E-state index < -0.39 is 0 Å². The molecule has 164 valence electrons. The summed E-state index contributed by atoms with van der Waals surface area (Å²) in [5.41, 5.74) is 3.24. The lowest BCUT2D eigenvalue weighted by atomic mass is 10.1. The smallest absolute Gasteiger partial charge is 0.193 e. The minimum Gasteiger partial charge on any atom is -0.367 e.